The molecule has 2 aromatic heterocycles. The van der Waals surface area contributed by atoms with Crippen LogP contribution in [0.4, 0.5) is 0 Å². The third-order valence-electron chi connectivity index (χ3n) is 4.40. The lowest BCUT2D eigenvalue weighted by Crippen LogP contribution is -2.23. The Balaban J connectivity index is 1.87. The van der Waals surface area contributed by atoms with Crippen molar-refractivity contribution < 1.29 is 4.74 Å². The van der Waals surface area contributed by atoms with Crippen LogP contribution in [0.1, 0.15) is 16.8 Å². The SMILES string of the molecule is COCc1cc2nn(Cc3ccc(C)cc3)c(=O)n2c(-c2ccccc2)n1. The zero-order valence-corrected chi connectivity index (χ0v) is 15.3. The first kappa shape index (κ1) is 17.2. The Hall–Kier alpha value is -3.25. The van der Waals surface area contributed by atoms with E-state index in [-0.39, 0.29) is 5.69 Å². The summed E-state index contributed by atoms with van der Waals surface area (Å²) in [6, 6.07) is 19.5. The number of ether oxygens (including phenoxy) is 1. The number of nitrogens with zero attached hydrogens (tertiary/aromatic N) is 4. The molecule has 0 bridgehead atoms. The smallest absolute Gasteiger partial charge is 0.352 e. The van der Waals surface area contributed by atoms with Crippen LogP contribution in [0.5, 0.6) is 0 Å². The van der Waals surface area contributed by atoms with Crippen molar-refractivity contribution in [1.29, 1.82) is 0 Å². The molecule has 0 N–H and O–H groups in total. The number of hydrogen-bond donors (Lipinski definition) is 0. The van der Waals surface area contributed by atoms with Crippen LogP contribution < -0.4 is 5.69 Å². The van der Waals surface area contributed by atoms with Crippen molar-refractivity contribution in [3.8, 4) is 11.4 Å². The number of aryl methyl sites for hydroxylation is 1. The zero-order valence-electron chi connectivity index (χ0n) is 15.3. The molecule has 136 valence electrons. The Morgan fingerprint density at radius 1 is 1.04 bits per heavy atom. The Bertz CT molecular complexity index is 1130. The summed E-state index contributed by atoms with van der Waals surface area (Å²) in [7, 11) is 1.62. The number of methoxy groups -OCH3 is 1. The van der Waals surface area contributed by atoms with Crippen molar-refractivity contribution in [2.75, 3.05) is 7.11 Å². The highest BCUT2D eigenvalue weighted by Crippen LogP contribution is 2.18. The summed E-state index contributed by atoms with van der Waals surface area (Å²) in [5.74, 6) is 0.570. The molecule has 0 unspecified atom stereocenters. The highest BCUT2D eigenvalue weighted by atomic mass is 16.5. The summed E-state index contributed by atoms with van der Waals surface area (Å²) in [5, 5.41) is 4.53. The van der Waals surface area contributed by atoms with Crippen LogP contribution in [0.15, 0.2) is 65.5 Å². The standard InChI is InChI=1S/C21H20N4O2/c1-15-8-10-16(11-9-15)13-24-21(26)25-19(23-24)12-18(14-27-2)22-20(25)17-6-4-3-5-7-17/h3-12H,13-14H2,1-2H3. The molecule has 0 saturated heterocycles. The Morgan fingerprint density at radius 2 is 1.78 bits per heavy atom. The fourth-order valence-electron chi connectivity index (χ4n) is 3.06. The number of benzene rings is 2. The second-order valence-corrected chi connectivity index (χ2v) is 6.49. The van der Waals surface area contributed by atoms with E-state index in [2.05, 4.69) is 10.1 Å². The summed E-state index contributed by atoms with van der Waals surface area (Å²) in [5.41, 5.74) is 4.15. The van der Waals surface area contributed by atoms with Gasteiger partial charge >= 0.3 is 5.69 Å². The van der Waals surface area contributed by atoms with E-state index >= 15 is 0 Å². The van der Waals surface area contributed by atoms with E-state index in [1.807, 2.05) is 61.5 Å². The van der Waals surface area contributed by atoms with Crippen LogP contribution in [-0.2, 0) is 17.9 Å². The number of fused-ring (bicyclic) bond motifs is 1. The van der Waals surface area contributed by atoms with Crippen molar-refractivity contribution in [2.24, 2.45) is 0 Å². The summed E-state index contributed by atoms with van der Waals surface area (Å²) < 4.78 is 8.26. The molecule has 0 aliphatic rings. The Morgan fingerprint density at radius 3 is 2.48 bits per heavy atom. The fraction of sp³-hybridized carbons (Fsp3) is 0.190. The molecule has 0 radical (unpaired) electrons. The molecule has 0 spiro atoms. The molecule has 27 heavy (non-hydrogen) atoms. The third kappa shape index (κ3) is 3.39. The minimum absolute atomic E-state index is 0.208. The summed E-state index contributed by atoms with van der Waals surface area (Å²) in [6.45, 7) is 2.81. The summed E-state index contributed by atoms with van der Waals surface area (Å²) in [4.78, 5) is 17.7. The van der Waals surface area contributed by atoms with Gasteiger partial charge in [-0.3, -0.25) is 0 Å². The predicted octanol–water partition coefficient (Wildman–Crippen LogP) is 3.06. The fourth-order valence-corrected chi connectivity index (χ4v) is 3.06. The Kier molecular flexibility index (Phi) is 4.56. The molecule has 4 aromatic rings. The lowest BCUT2D eigenvalue weighted by atomic mass is 10.1. The molecule has 0 amide bonds. The van der Waals surface area contributed by atoms with Crippen molar-refractivity contribution in [3.05, 3.63) is 88.0 Å². The maximum Gasteiger partial charge on any atom is 0.352 e. The molecule has 2 heterocycles. The first-order chi connectivity index (χ1) is 13.2. The van der Waals surface area contributed by atoms with Crippen molar-refractivity contribution in [3.63, 3.8) is 0 Å². The maximum absolute atomic E-state index is 13.1. The predicted molar refractivity (Wildman–Crippen MR) is 104 cm³/mol. The van der Waals surface area contributed by atoms with Crippen molar-refractivity contribution in [1.82, 2.24) is 19.2 Å². The van der Waals surface area contributed by atoms with E-state index in [1.165, 1.54) is 10.2 Å². The molecule has 0 fully saturated rings. The molecule has 0 saturated carbocycles. The lowest BCUT2D eigenvalue weighted by Gasteiger charge is -2.06. The van der Waals surface area contributed by atoms with E-state index in [0.717, 1.165) is 16.8 Å². The van der Waals surface area contributed by atoms with Crippen LogP contribution in [0.25, 0.3) is 17.0 Å². The van der Waals surface area contributed by atoms with Gasteiger partial charge < -0.3 is 4.74 Å². The van der Waals surface area contributed by atoms with Crippen LogP contribution in [0.2, 0.25) is 0 Å². The van der Waals surface area contributed by atoms with E-state index in [1.54, 1.807) is 17.6 Å². The maximum atomic E-state index is 13.1. The summed E-state index contributed by atoms with van der Waals surface area (Å²) in [6.07, 6.45) is 0. The van der Waals surface area contributed by atoms with Gasteiger partial charge in [-0.15, -0.1) is 5.10 Å². The molecule has 0 aliphatic heterocycles. The second kappa shape index (κ2) is 7.17. The van der Waals surface area contributed by atoms with E-state index in [9.17, 15) is 4.79 Å². The normalized spacial score (nSPS) is 11.2. The molecule has 0 aliphatic carbocycles. The highest BCUT2D eigenvalue weighted by Gasteiger charge is 2.15. The minimum Gasteiger partial charge on any atom is -0.378 e. The van der Waals surface area contributed by atoms with Gasteiger partial charge in [-0.1, -0.05) is 60.2 Å². The summed E-state index contributed by atoms with van der Waals surface area (Å²) >= 11 is 0. The molecule has 6 nitrogen and oxygen atoms in total. The van der Waals surface area contributed by atoms with Crippen molar-refractivity contribution >= 4 is 5.65 Å². The first-order valence-corrected chi connectivity index (χ1v) is 8.75. The number of hydrogen-bond acceptors (Lipinski definition) is 4. The van der Waals surface area contributed by atoms with Crippen LogP contribution in [0.3, 0.4) is 0 Å². The average Bonchev–Trinajstić information content (AvgIpc) is 2.99. The van der Waals surface area contributed by atoms with Gasteiger partial charge in [-0.05, 0) is 12.5 Å². The monoisotopic (exact) mass is 360 g/mol. The van der Waals surface area contributed by atoms with Crippen LogP contribution in [0, 0.1) is 6.92 Å². The topological polar surface area (TPSA) is 61.4 Å². The van der Waals surface area contributed by atoms with Gasteiger partial charge in [0.2, 0.25) is 0 Å². The van der Waals surface area contributed by atoms with E-state index in [4.69, 9.17) is 4.74 Å². The van der Waals surface area contributed by atoms with Gasteiger partial charge in [0, 0.05) is 18.7 Å². The van der Waals surface area contributed by atoms with Gasteiger partial charge in [0.15, 0.2) is 5.65 Å². The molecule has 2 aromatic carbocycles. The molecular weight excluding hydrogens is 340 g/mol. The molecule has 4 rings (SSSR count). The van der Waals surface area contributed by atoms with Gasteiger partial charge in [0.25, 0.3) is 0 Å². The van der Waals surface area contributed by atoms with E-state index in [0.29, 0.717) is 24.6 Å². The Labute approximate surface area is 156 Å². The van der Waals surface area contributed by atoms with Gasteiger partial charge in [0.05, 0.1) is 18.8 Å². The zero-order chi connectivity index (χ0) is 18.8. The molecule has 0 atom stereocenters. The minimum atomic E-state index is -0.208. The highest BCUT2D eigenvalue weighted by molar-refractivity contribution is 5.59. The second-order valence-electron chi connectivity index (χ2n) is 6.49. The van der Waals surface area contributed by atoms with Crippen LogP contribution >= 0.6 is 0 Å². The average molecular weight is 360 g/mol. The number of rotatable bonds is 5. The largest absolute Gasteiger partial charge is 0.378 e. The van der Waals surface area contributed by atoms with Gasteiger partial charge in [-0.2, -0.15) is 0 Å². The third-order valence-corrected chi connectivity index (χ3v) is 4.40. The number of aromatic nitrogens is 4. The molecular formula is C21H20N4O2. The lowest BCUT2D eigenvalue weighted by molar-refractivity contribution is 0.181. The molecule has 6 heteroatoms. The van der Waals surface area contributed by atoms with Gasteiger partial charge in [0.1, 0.15) is 5.82 Å². The van der Waals surface area contributed by atoms with E-state index < -0.39 is 0 Å². The van der Waals surface area contributed by atoms with Crippen molar-refractivity contribution in [2.45, 2.75) is 20.1 Å². The first-order valence-electron chi connectivity index (χ1n) is 8.75. The van der Waals surface area contributed by atoms with Gasteiger partial charge in [-0.25, -0.2) is 18.9 Å². The van der Waals surface area contributed by atoms with Crippen LogP contribution in [-0.4, -0.2) is 26.3 Å². The quantitative estimate of drug-likeness (QED) is 0.549.